The van der Waals surface area contributed by atoms with Gasteiger partial charge < -0.3 is 18.6 Å². The van der Waals surface area contributed by atoms with Crippen LogP contribution < -0.4 is 9.47 Å². The first-order valence-corrected chi connectivity index (χ1v) is 9.89. The van der Waals surface area contributed by atoms with E-state index in [2.05, 4.69) is 4.98 Å². The van der Waals surface area contributed by atoms with Gasteiger partial charge in [-0.1, -0.05) is 18.2 Å². The lowest BCUT2D eigenvalue weighted by atomic mass is 10.1. The van der Waals surface area contributed by atoms with Crippen molar-refractivity contribution in [2.24, 2.45) is 0 Å². The molecular formula is C25H21NO6. The number of nitrogens with zero attached hydrogens (tertiary/aromatic N) is 1. The zero-order valence-electron chi connectivity index (χ0n) is 17.9. The minimum atomic E-state index is -0.623. The number of fused-ring (bicyclic) bond motifs is 1. The highest BCUT2D eigenvalue weighted by molar-refractivity contribution is 6.06. The largest absolute Gasteiger partial charge is 0.493 e. The molecule has 162 valence electrons. The Balaban J connectivity index is 1.59. The van der Waals surface area contributed by atoms with Gasteiger partial charge in [0, 0.05) is 10.9 Å². The highest BCUT2D eigenvalue weighted by Gasteiger charge is 2.19. The van der Waals surface area contributed by atoms with Crippen molar-refractivity contribution in [3.8, 4) is 23.0 Å². The molecule has 0 bridgehead atoms. The van der Waals surface area contributed by atoms with Gasteiger partial charge in [-0.05, 0) is 49.4 Å². The van der Waals surface area contributed by atoms with Gasteiger partial charge in [-0.25, -0.2) is 9.78 Å². The molecule has 0 atom stereocenters. The first-order chi connectivity index (χ1) is 15.5. The van der Waals surface area contributed by atoms with E-state index in [1.807, 2.05) is 25.1 Å². The Morgan fingerprint density at radius 3 is 2.44 bits per heavy atom. The van der Waals surface area contributed by atoms with Gasteiger partial charge in [0.2, 0.25) is 0 Å². The van der Waals surface area contributed by atoms with Crippen LogP contribution in [0.3, 0.4) is 0 Å². The fraction of sp³-hybridized carbons (Fsp3) is 0.160. The molecule has 4 rings (SSSR count). The molecule has 32 heavy (non-hydrogen) atoms. The number of Topliss-reactive ketones (excluding diaryl/α,β-unsaturated/α-hetero) is 1. The number of hydrogen-bond acceptors (Lipinski definition) is 7. The molecule has 7 nitrogen and oxygen atoms in total. The summed E-state index contributed by atoms with van der Waals surface area (Å²) in [6, 6.07) is 17.2. The van der Waals surface area contributed by atoms with E-state index in [4.69, 9.17) is 18.6 Å². The van der Waals surface area contributed by atoms with Crippen molar-refractivity contribution in [1.29, 1.82) is 0 Å². The first kappa shape index (κ1) is 21.1. The Kier molecular flexibility index (Phi) is 5.89. The van der Waals surface area contributed by atoms with Crippen LogP contribution in [0.2, 0.25) is 0 Å². The van der Waals surface area contributed by atoms with Crippen LogP contribution in [-0.2, 0) is 4.74 Å². The summed E-state index contributed by atoms with van der Waals surface area (Å²) in [5, 5.41) is 0.628. The van der Waals surface area contributed by atoms with E-state index >= 15 is 0 Å². The lowest BCUT2D eigenvalue weighted by Gasteiger charge is -2.10. The molecule has 4 aromatic rings. The van der Waals surface area contributed by atoms with E-state index in [1.54, 1.807) is 42.5 Å². The van der Waals surface area contributed by atoms with Crippen LogP contribution in [0.4, 0.5) is 0 Å². The number of pyridine rings is 1. The minimum Gasteiger partial charge on any atom is -0.493 e. The summed E-state index contributed by atoms with van der Waals surface area (Å²) >= 11 is 0. The number of carbonyl (C=O) groups excluding carboxylic acids is 2. The SMILES string of the molecule is COc1ccc(C(=O)COC(=O)c2cc(-c3ccc(C)o3)nc3ccccc23)cc1OC. The quantitative estimate of drug-likeness (QED) is 0.305. The lowest BCUT2D eigenvalue weighted by molar-refractivity contribution is 0.0476. The van der Waals surface area contributed by atoms with Crippen molar-refractivity contribution < 1.29 is 28.2 Å². The number of para-hydroxylation sites is 1. The third-order valence-corrected chi connectivity index (χ3v) is 4.97. The van der Waals surface area contributed by atoms with Gasteiger partial charge in [0.1, 0.15) is 11.5 Å². The molecule has 0 aliphatic carbocycles. The molecule has 2 aromatic carbocycles. The molecule has 2 heterocycles. The number of hydrogen-bond donors (Lipinski definition) is 0. The number of benzene rings is 2. The molecule has 0 saturated heterocycles. The van der Waals surface area contributed by atoms with Crippen molar-refractivity contribution in [1.82, 2.24) is 4.98 Å². The summed E-state index contributed by atoms with van der Waals surface area (Å²) < 4.78 is 21.4. The van der Waals surface area contributed by atoms with E-state index in [-0.39, 0.29) is 5.78 Å². The molecule has 0 fully saturated rings. The number of methoxy groups -OCH3 is 2. The topological polar surface area (TPSA) is 87.9 Å². The van der Waals surface area contributed by atoms with Crippen LogP contribution in [0, 0.1) is 6.92 Å². The highest BCUT2D eigenvalue weighted by Crippen LogP contribution is 2.29. The number of carbonyl (C=O) groups is 2. The normalized spacial score (nSPS) is 10.7. The third kappa shape index (κ3) is 4.18. The van der Waals surface area contributed by atoms with Crippen LogP contribution in [0.5, 0.6) is 11.5 Å². The van der Waals surface area contributed by atoms with Gasteiger partial charge in [-0.2, -0.15) is 0 Å². The number of aryl methyl sites for hydroxylation is 1. The van der Waals surface area contributed by atoms with E-state index in [0.717, 1.165) is 5.76 Å². The number of aromatic nitrogens is 1. The summed E-state index contributed by atoms with van der Waals surface area (Å²) in [6.45, 7) is 1.42. The maximum atomic E-state index is 12.9. The molecule has 0 radical (unpaired) electrons. The predicted molar refractivity (Wildman–Crippen MR) is 118 cm³/mol. The molecule has 0 spiro atoms. The standard InChI is InChI=1S/C25H21NO6/c1-15-8-10-22(32-15)20-13-18(17-6-4-5-7-19(17)26-20)25(28)31-14-21(27)16-9-11-23(29-2)24(12-16)30-3/h4-13H,14H2,1-3H3. The Hall–Kier alpha value is -4.13. The Morgan fingerprint density at radius 1 is 0.938 bits per heavy atom. The summed E-state index contributed by atoms with van der Waals surface area (Å²) in [7, 11) is 3.00. The van der Waals surface area contributed by atoms with E-state index in [9.17, 15) is 9.59 Å². The zero-order chi connectivity index (χ0) is 22.7. The summed E-state index contributed by atoms with van der Waals surface area (Å²) in [5.74, 6) is 1.22. The second kappa shape index (κ2) is 8.93. The van der Waals surface area contributed by atoms with E-state index < -0.39 is 12.6 Å². The monoisotopic (exact) mass is 431 g/mol. The number of esters is 1. The summed E-state index contributed by atoms with van der Waals surface area (Å²) in [5.41, 5.74) is 1.79. The number of furan rings is 1. The third-order valence-electron chi connectivity index (χ3n) is 4.97. The fourth-order valence-electron chi connectivity index (χ4n) is 3.34. The van der Waals surface area contributed by atoms with Gasteiger partial charge >= 0.3 is 5.97 Å². The molecule has 0 aliphatic heterocycles. The molecule has 0 amide bonds. The van der Waals surface area contributed by atoms with Gasteiger partial charge in [-0.3, -0.25) is 4.79 Å². The predicted octanol–water partition coefficient (Wildman–Crippen LogP) is 4.86. The molecular weight excluding hydrogens is 410 g/mol. The van der Waals surface area contributed by atoms with Crippen molar-refractivity contribution in [2.75, 3.05) is 20.8 Å². The average Bonchev–Trinajstić information content (AvgIpc) is 3.27. The summed E-state index contributed by atoms with van der Waals surface area (Å²) in [6.07, 6.45) is 0. The first-order valence-electron chi connectivity index (χ1n) is 9.89. The number of rotatable bonds is 7. The van der Waals surface area contributed by atoms with Crippen LogP contribution in [0.15, 0.2) is 65.1 Å². The van der Waals surface area contributed by atoms with Crippen molar-refractivity contribution in [3.05, 3.63) is 77.6 Å². The fourth-order valence-corrected chi connectivity index (χ4v) is 3.34. The van der Waals surface area contributed by atoms with Gasteiger partial charge in [-0.15, -0.1) is 0 Å². The van der Waals surface area contributed by atoms with Gasteiger partial charge in [0.05, 0.1) is 25.3 Å². The van der Waals surface area contributed by atoms with Crippen LogP contribution >= 0.6 is 0 Å². The molecule has 7 heteroatoms. The Labute approximate surface area is 184 Å². The van der Waals surface area contributed by atoms with Gasteiger partial charge in [0.25, 0.3) is 0 Å². The molecule has 0 unspecified atom stereocenters. The summed E-state index contributed by atoms with van der Waals surface area (Å²) in [4.78, 5) is 30.1. The van der Waals surface area contributed by atoms with Crippen LogP contribution in [0.1, 0.15) is 26.5 Å². The van der Waals surface area contributed by atoms with Crippen molar-refractivity contribution in [2.45, 2.75) is 6.92 Å². The molecule has 0 saturated carbocycles. The Morgan fingerprint density at radius 2 is 1.72 bits per heavy atom. The van der Waals surface area contributed by atoms with Crippen LogP contribution in [-0.4, -0.2) is 37.6 Å². The maximum absolute atomic E-state index is 12.9. The molecule has 0 N–H and O–H groups in total. The highest BCUT2D eigenvalue weighted by atomic mass is 16.5. The number of ketones is 1. The van der Waals surface area contributed by atoms with E-state index in [1.165, 1.54) is 14.2 Å². The van der Waals surface area contributed by atoms with Crippen molar-refractivity contribution >= 4 is 22.7 Å². The van der Waals surface area contributed by atoms with Crippen molar-refractivity contribution in [3.63, 3.8) is 0 Å². The molecule has 0 aliphatic rings. The average molecular weight is 431 g/mol. The molecule has 2 aromatic heterocycles. The lowest BCUT2D eigenvalue weighted by Crippen LogP contribution is -2.15. The van der Waals surface area contributed by atoms with E-state index in [0.29, 0.717) is 45.0 Å². The number of ether oxygens (including phenoxy) is 3. The van der Waals surface area contributed by atoms with Gasteiger partial charge in [0.15, 0.2) is 29.6 Å². The maximum Gasteiger partial charge on any atom is 0.339 e. The zero-order valence-corrected chi connectivity index (χ0v) is 17.9. The minimum absolute atomic E-state index is 0.305. The van der Waals surface area contributed by atoms with Crippen LogP contribution in [0.25, 0.3) is 22.4 Å². The second-order valence-electron chi connectivity index (χ2n) is 7.05. The smallest absolute Gasteiger partial charge is 0.339 e. The second-order valence-corrected chi connectivity index (χ2v) is 7.05. The Bertz CT molecular complexity index is 1310.